The molecule has 5 nitrogen and oxygen atoms in total. The average Bonchev–Trinajstić information content (AvgIpc) is 3.02. The molecule has 0 heterocycles. The number of carbonyl (C=O) groups is 2. The minimum absolute atomic E-state index is 0.0670. The lowest BCUT2D eigenvalue weighted by molar-refractivity contribution is -0.141. The summed E-state index contributed by atoms with van der Waals surface area (Å²) in [6, 6.07) is 0.337. The van der Waals surface area contributed by atoms with Gasteiger partial charge in [-0.3, -0.25) is 4.79 Å². The molecule has 1 aliphatic rings. The maximum absolute atomic E-state index is 11.7. The molecule has 0 saturated heterocycles. The average molecular weight is 228 g/mol. The van der Waals surface area contributed by atoms with Crippen LogP contribution in [0.5, 0.6) is 0 Å². The lowest BCUT2D eigenvalue weighted by Crippen LogP contribution is -2.42. The molecule has 1 atom stereocenters. The number of carboxylic acid groups (broad SMARTS) is 1. The number of hydrogen-bond acceptors (Lipinski definition) is 2. The Morgan fingerprint density at radius 2 is 2.12 bits per heavy atom. The Bertz CT molecular complexity index is 264. The van der Waals surface area contributed by atoms with Gasteiger partial charge in [0.05, 0.1) is 5.92 Å². The first kappa shape index (κ1) is 12.8. The summed E-state index contributed by atoms with van der Waals surface area (Å²) in [7, 11) is 0. The molecule has 16 heavy (non-hydrogen) atoms. The van der Waals surface area contributed by atoms with Gasteiger partial charge >= 0.3 is 12.0 Å². The number of amides is 2. The molecule has 5 heteroatoms. The highest BCUT2D eigenvalue weighted by molar-refractivity contribution is 5.75. The fourth-order valence-corrected chi connectivity index (χ4v) is 1.57. The number of nitrogens with one attached hydrogen (secondary N) is 1. The predicted molar refractivity (Wildman–Crippen MR) is 60.2 cm³/mol. The molecule has 1 saturated carbocycles. The molecular formula is C11H20N2O3. The second-order valence-corrected chi connectivity index (χ2v) is 4.28. The largest absolute Gasteiger partial charge is 0.481 e. The van der Waals surface area contributed by atoms with Crippen LogP contribution in [0, 0.1) is 5.92 Å². The van der Waals surface area contributed by atoms with Crippen LogP contribution in [0.2, 0.25) is 0 Å². The van der Waals surface area contributed by atoms with Crippen LogP contribution in [0.3, 0.4) is 0 Å². The van der Waals surface area contributed by atoms with Gasteiger partial charge in [0.1, 0.15) is 0 Å². The van der Waals surface area contributed by atoms with Crippen molar-refractivity contribution in [2.24, 2.45) is 5.92 Å². The van der Waals surface area contributed by atoms with Crippen molar-refractivity contribution in [1.29, 1.82) is 0 Å². The Morgan fingerprint density at radius 1 is 1.50 bits per heavy atom. The number of rotatable bonds is 6. The number of carbonyl (C=O) groups excluding carboxylic acids is 1. The Labute approximate surface area is 95.8 Å². The van der Waals surface area contributed by atoms with Crippen molar-refractivity contribution in [3.63, 3.8) is 0 Å². The Balaban J connectivity index is 2.21. The predicted octanol–water partition coefficient (Wildman–Crippen LogP) is 1.29. The quantitative estimate of drug-likeness (QED) is 0.719. The third kappa shape index (κ3) is 3.72. The third-order valence-electron chi connectivity index (χ3n) is 2.86. The topological polar surface area (TPSA) is 69.6 Å². The van der Waals surface area contributed by atoms with Crippen LogP contribution in [0.1, 0.15) is 33.1 Å². The highest BCUT2D eigenvalue weighted by Gasteiger charge is 2.31. The van der Waals surface area contributed by atoms with Gasteiger partial charge in [0.2, 0.25) is 0 Å². The first-order valence-corrected chi connectivity index (χ1v) is 5.83. The molecule has 1 fully saturated rings. The number of aliphatic carboxylic acids is 1. The first-order valence-electron chi connectivity index (χ1n) is 5.83. The Kier molecular flexibility index (Phi) is 4.58. The van der Waals surface area contributed by atoms with E-state index >= 15 is 0 Å². The molecule has 0 aromatic heterocycles. The molecule has 0 aromatic rings. The molecule has 2 amide bonds. The number of urea groups is 1. The molecule has 0 spiro atoms. The normalized spacial score (nSPS) is 16.6. The van der Waals surface area contributed by atoms with Crippen LogP contribution < -0.4 is 5.32 Å². The van der Waals surface area contributed by atoms with E-state index in [9.17, 15) is 9.59 Å². The summed E-state index contributed by atoms with van der Waals surface area (Å²) < 4.78 is 0. The summed E-state index contributed by atoms with van der Waals surface area (Å²) in [5, 5.41) is 11.4. The van der Waals surface area contributed by atoms with Gasteiger partial charge < -0.3 is 15.3 Å². The van der Waals surface area contributed by atoms with Gasteiger partial charge in [0.15, 0.2) is 0 Å². The summed E-state index contributed by atoms with van der Waals surface area (Å²) >= 11 is 0. The summed E-state index contributed by atoms with van der Waals surface area (Å²) in [5.41, 5.74) is 0. The van der Waals surface area contributed by atoms with E-state index in [1.165, 1.54) is 0 Å². The van der Waals surface area contributed by atoms with E-state index in [2.05, 4.69) is 5.32 Å². The van der Waals surface area contributed by atoms with E-state index in [0.717, 1.165) is 12.8 Å². The van der Waals surface area contributed by atoms with Crippen molar-refractivity contribution in [3.8, 4) is 0 Å². The van der Waals surface area contributed by atoms with E-state index in [1.807, 2.05) is 11.8 Å². The molecule has 1 unspecified atom stereocenters. The van der Waals surface area contributed by atoms with E-state index in [0.29, 0.717) is 25.6 Å². The van der Waals surface area contributed by atoms with E-state index in [-0.39, 0.29) is 6.03 Å². The number of carboxylic acids is 1. The third-order valence-corrected chi connectivity index (χ3v) is 2.86. The van der Waals surface area contributed by atoms with Gasteiger partial charge in [0, 0.05) is 19.1 Å². The summed E-state index contributed by atoms with van der Waals surface area (Å²) in [4.78, 5) is 24.0. The lowest BCUT2D eigenvalue weighted by atomic mass is 10.1. The van der Waals surface area contributed by atoms with Crippen molar-refractivity contribution >= 4 is 12.0 Å². The van der Waals surface area contributed by atoms with Gasteiger partial charge in [0.25, 0.3) is 0 Å². The van der Waals surface area contributed by atoms with Crippen LogP contribution >= 0.6 is 0 Å². The molecule has 92 valence electrons. The zero-order valence-corrected chi connectivity index (χ0v) is 9.90. The summed E-state index contributed by atoms with van der Waals surface area (Å²) in [6.07, 6.45) is 2.66. The number of nitrogens with zero attached hydrogens (tertiary/aromatic N) is 1. The second-order valence-electron chi connectivity index (χ2n) is 4.28. The first-order chi connectivity index (χ1) is 7.56. The summed E-state index contributed by atoms with van der Waals surface area (Å²) in [5.74, 6) is -1.22. The van der Waals surface area contributed by atoms with Crippen LogP contribution in [0.4, 0.5) is 4.79 Å². The molecule has 0 bridgehead atoms. The van der Waals surface area contributed by atoms with Crippen molar-refractivity contribution in [2.45, 2.75) is 39.2 Å². The fraction of sp³-hybridized carbons (Fsp3) is 0.818. The molecule has 0 radical (unpaired) electrons. The SMILES string of the molecule is CCN(C(=O)NCCC(C)C(=O)O)C1CC1. The summed E-state index contributed by atoms with van der Waals surface area (Å²) in [6.45, 7) is 4.74. The molecule has 0 aliphatic heterocycles. The minimum Gasteiger partial charge on any atom is -0.481 e. The van der Waals surface area contributed by atoms with Crippen LogP contribution in [0.15, 0.2) is 0 Å². The van der Waals surface area contributed by atoms with Gasteiger partial charge in [-0.05, 0) is 26.2 Å². The van der Waals surface area contributed by atoms with E-state index in [1.54, 1.807) is 6.92 Å². The monoisotopic (exact) mass is 228 g/mol. The molecular weight excluding hydrogens is 208 g/mol. The Morgan fingerprint density at radius 3 is 2.56 bits per heavy atom. The van der Waals surface area contributed by atoms with Crippen molar-refractivity contribution in [3.05, 3.63) is 0 Å². The van der Waals surface area contributed by atoms with Crippen LogP contribution in [-0.2, 0) is 4.79 Å². The maximum Gasteiger partial charge on any atom is 0.317 e. The zero-order valence-electron chi connectivity index (χ0n) is 9.90. The van der Waals surface area contributed by atoms with Crippen molar-refractivity contribution < 1.29 is 14.7 Å². The fourth-order valence-electron chi connectivity index (χ4n) is 1.57. The van der Waals surface area contributed by atoms with Crippen LogP contribution in [-0.4, -0.2) is 41.1 Å². The lowest BCUT2D eigenvalue weighted by Gasteiger charge is -2.21. The highest BCUT2D eigenvalue weighted by Crippen LogP contribution is 2.26. The van der Waals surface area contributed by atoms with Crippen LogP contribution in [0.25, 0.3) is 0 Å². The van der Waals surface area contributed by atoms with Crippen molar-refractivity contribution in [1.82, 2.24) is 10.2 Å². The number of hydrogen-bond donors (Lipinski definition) is 2. The van der Waals surface area contributed by atoms with E-state index < -0.39 is 11.9 Å². The molecule has 1 rings (SSSR count). The van der Waals surface area contributed by atoms with Gasteiger partial charge in [-0.2, -0.15) is 0 Å². The smallest absolute Gasteiger partial charge is 0.317 e. The Hall–Kier alpha value is -1.26. The molecule has 2 N–H and O–H groups in total. The van der Waals surface area contributed by atoms with E-state index in [4.69, 9.17) is 5.11 Å². The second kappa shape index (κ2) is 5.72. The van der Waals surface area contributed by atoms with Crippen molar-refractivity contribution in [2.75, 3.05) is 13.1 Å². The highest BCUT2D eigenvalue weighted by atomic mass is 16.4. The minimum atomic E-state index is -0.816. The molecule has 1 aliphatic carbocycles. The van der Waals surface area contributed by atoms with Gasteiger partial charge in [-0.1, -0.05) is 6.92 Å². The van der Waals surface area contributed by atoms with Gasteiger partial charge in [-0.15, -0.1) is 0 Å². The zero-order chi connectivity index (χ0) is 12.1. The molecule has 0 aromatic carbocycles. The van der Waals surface area contributed by atoms with Gasteiger partial charge in [-0.25, -0.2) is 4.79 Å². The maximum atomic E-state index is 11.7. The standard InChI is InChI=1S/C11H20N2O3/c1-3-13(9-4-5-9)11(16)12-7-6-8(2)10(14)15/h8-9H,3-7H2,1-2H3,(H,12,16)(H,14,15).